The summed E-state index contributed by atoms with van der Waals surface area (Å²) in [7, 11) is 0. The Labute approximate surface area is 89.8 Å². The molecule has 0 spiro atoms. The first-order valence-corrected chi connectivity index (χ1v) is 4.52. The molecule has 2 aromatic rings. The number of benzene rings is 2. The lowest BCUT2D eigenvalue weighted by Gasteiger charge is -2.05. The van der Waals surface area contributed by atoms with E-state index in [1.165, 1.54) is 12.1 Å². The van der Waals surface area contributed by atoms with Gasteiger partial charge in [-0.15, -0.1) is 0 Å². The van der Waals surface area contributed by atoms with Crippen LogP contribution in [-0.4, -0.2) is 5.11 Å². The van der Waals surface area contributed by atoms with Gasteiger partial charge >= 0.3 is 0 Å². The smallest absolute Gasteiger partial charge is 0.164 e. The molecule has 0 heterocycles. The minimum atomic E-state index is -0.833. The van der Waals surface area contributed by atoms with Crippen molar-refractivity contribution in [2.75, 3.05) is 0 Å². The number of aromatic hydroxyl groups is 1. The Kier molecular flexibility index (Phi) is 2.56. The molecule has 0 bridgehead atoms. The van der Waals surface area contributed by atoms with Gasteiger partial charge in [0.25, 0.3) is 0 Å². The van der Waals surface area contributed by atoms with E-state index >= 15 is 0 Å². The average molecular weight is 224 g/mol. The van der Waals surface area contributed by atoms with Crippen molar-refractivity contribution in [3.63, 3.8) is 0 Å². The summed E-state index contributed by atoms with van der Waals surface area (Å²) in [5, 5.41) is 9.12. The topological polar surface area (TPSA) is 20.2 Å². The van der Waals surface area contributed by atoms with E-state index in [1.54, 1.807) is 0 Å². The predicted molar refractivity (Wildman–Crippen MR) is 53.4 cm³/mol. The van der Waals surface area contributed by atoms with E-state index in [9.17, 15) is 13.2 Å². The van der Waals surface area contributed by atoms with Crippen molar-refractivity contribution in [1.29, 1.82) is 0 Å². The summed E-state index contributed by atoms with van der Waals surface area (Å²) in [4.78, 5) is 0. The first-order valence-electron chi connectivity index (χ1n) is 4.52. The largest absolute Gasteiger partial charge is 0.505 e. The number of rotatable bonds is 1. The van der Waals surface area contributed by atoms with Gasteiger partial charge in [0.2, 0.25) is 0 Å². The van der Waals surface area contributed by atoms with Crippen molar-refractivity contribution in [2.24, 2.45) is 0 Å². The number of phenolic OH excluding ortho intramolecular Hbond substituents is 1. The summed E-state index contributed by atoms with van der Waals surface area (Å²) in [6.45, 7) is 0. The third kappa shape index (κ3) is 1.74. The van der Waals surface area contributed by atoms with E-state index in [1.807, 2.05) is 0 Å². The van der Waals surface area contributed by atoms with Gasteiger partial charge in [-0.25, -0.2) is 13.2 Å². The molecule has 1 nitrogen and oxygen atoms in total. The van der Waals surface area contributed by atoms with Crippen LogP contribution in [0, 0.1) is 17.5 Å². The molecule has 0 saturated heterocycles. The summed E-state index contributed by atoms with van der Waals surface area (Å²) in [6.07, 6.45) is 0. The molecule has 0 aliphatic heterocycles. The summed E-state index contributed by atoms with van der Waals surface area (Å²) in [6, 6.07) is 6.57. The van der Waals surface area contributed by atoms with Gasteiger partial charge in [0.05, 0.1) is 5.56 Å². The highest BCUT2D eigenvalue weighted by atomic mass is 19.1. The Hall–Kier alpha value is -1.97. The zero-order valence-electron chi connectivity index (χ0n) is 8.05. The average Bonchev–Trinajstić information content (AvgIpc) is 2.23. The maximum Gasteiger partial charge on any atom is 0.164 e. The molecule has 2 aromatic carbocycles. The molecule has 0 atom stereocenters. The lowest BCUT2D eigenvalue weighted by atomic mass is 10.0. The molecule has 2 rings (SSSR count). The van der Waals surface area contributed by atoms with Crippen molar-refractivity contribution in [3.05, 3.63) is 53.8 Å². The Balaban J connectivity index is 2.63. The lowest BCUT2D eigenvalue weighted by molar-refractivity contribution is 0.432. The van der Waals surface area contributed by atoms with Crippen LogP contribution in [0.3, 0.4) is 0 Å². The van der Waals surface area contributed by atoms with Crippen molar-refractivity contribution in [1.82, 2.24) is 0 Å². The lowest BCUT2D eigenvalue weighted by Crippen LogP contribution is -1.90. The highest BCUT2D eigenvalue weighted by Gasteiger charge is 2.12. The van der Waals surface area contributed by atoms with Gasteiger partial charge in [0, 0.05) is 0 Å². The summed E-state index contributed by atoms with van der Waals surface area (Å²) in [5.74, 6) is -2.99. The van der Waals surface area contributed by atoms with Crippen LogP contribution in [0.15, 0.2) is 36.4 Å². The fourth-order valence-electron chi connectivity index (χ4n) is 1.44. The molecule has 0 saturated carbocycles. The third-order valence-corrected chi connectivity index (χ3v) is 2.20. The summed E-state index contributed by atoms with van der Waals surface area (Å²) >= 11 is 0. The summed E-state index contributed by atoms with van der Waals surface area (Å²) < 4.78 is 39.5. The van der Waals surface area contributed by atoms with Gasteiger partial charge in [0.1, 0.15) is 11.6 Å². The molecular weight excluding hydrogens is 217 g/mol. The van der Waals surface area contributed by atoms with Crippen molar-refractivity contribution >= 4 is 0 Å². The van der Waals surface area contributed by atoms with E-state index in [2.05, 4.69) is 0 Å². The van der Waals surface area contributed by atoms with Crippen molar-refractivity contribution in [2.45, 2.75) is 0 Å². The molecule has 0 aliphatic carbocycles. The Bertz CT molecular complexity index is 518. The highest BCUT2D eigenvalue weighted by Crippen LogP contribution is 2.29. The van der Waals surface area contributed by atoms with Crippen LogP contribution in [0.25, 0.3) is 11.1 Å². The molecular formula is C12H7F3O. The Morgan fingerprint density at radius 1 is 0.812 bits per heavy atom. The molecule has 1 N–H and O–H groups in total. The molecule has 4 heteroatoms. The van der Waals surface area contributed by atoms with Gasteiger partial charge < -0.3 is 5.11 Å². The maximum atomic E-state index is 13.4. The van der Waals surface area contributed by atoms with Crippen LogP contribution in [0.2, 0.25) is 0 Å². The van der Waals surface area contributed by atoms with Crippen LogP contribution in [0.1, 0.15) is 0 Å². The van der Waals surface area contributed by atoms with Crippen LogP contribution >= 0.6 is 0 Å². The molecule has 0 fully saturated rings. The first kappa shape index (κ1) is 10.5. The number of hydrogen-bond acceptors (Lipinski definition) is 1. The van der Waals surface area contributed by atoms with Gasteiger partial charge in [-0.3, -0.25) is 0 Å². The zero-order chi connectivity index (χ0) is 11.7. The first-order chi connectivity index (χ1) is 7.59. The second-order valence-electron chi connectivity index (χ2n) is 3.26. The third-order valence-electron chi connectivity index (χ3n) is 2.20. The predicted octanol–water partition coefficient (Wildman–Crippen LogP) is 3.48. The minimum absolute atomic E-state index is 0.0921. The Morgan fingerprint density at radius 2 is 1.44 bits per heavy atom. The van der Waals surface area contributed by atoms with Crippen LogP contribution in [0.4, 0.5) is 13.2 Å². The molecule has 0 aliphatic rings. The van der Waals surface area contributed by atoms with Gasteiger partial charge in [-0.2, -0.15) is 0 Å². The summed E-state index contributed by atoms with van der Waals surface area (Å²) in [5.41, 5.74) is -0.188. The molecule has 82 valence electrons. The Morgan fingerprint density at radius 3 is 2.00 bits per heavy atom. The molecule has 0 amide bonds. The monoisotopic (exact) mass is 224 g/mol. The normalized spacial score (nSPS) is 10.4. The quantitative estimate of drug-likeness (QED) is 0.786. The standard InChI is InChI=1S/C12H7F3O/c13-8-5-4-7(6-11(8)16)12-9(14)2-1-3-10(12)15/h1-6,16H. The molecule has 0 aromatic heterocycles. The van der Waals surface area contributed by atoms with Crippen LogP contribution < -0.4 is 0 Å². The second-order valence-corrected chi connectivity index (χ2v) is 3.26. The van der Waals surface area contributed by atoms with Crippen molar-refractivity contribution in [3.8, 4) is 16.9 Å². The number of halogens is 3. The molecule has 0 radical (unpaired) electrons. The zero-order valence-corrected chi connectivity index (χ0v) is 8.05. The van der Waals surface area contributed by atoms with E-state index < -0.39 is 23.2 Å². The van der Waals surface area contributed by atoms with E-state index in [-0.39, 0.29) is 11.1 Å². The fraction of sp³-hybridized carbons (Fsp3) is 0. The number of hydrogen-bond donors (Lipinski definition) is 1. The van der Waals surface area contributed by atoms with Crippen LogP contribution in [-0.2, 0) is 0 Å². The van der Waals surface area contributed by atoms with E-state index in [0.29, 0.717) is 0 Å². The van der Waals surface area contributed by atoms with E-state index in [4.69, 9.17) is 5.11 Å². The van der Waals surface area contributed by atoms with E-state index in [0.717, 1.165) is 24.3 Å². The van der Waals surface area contributed by atoms with Gasteiger partial charge in [-0.05, 0) is 29.8 Å². The minimum Gasteiger partial charge on any atom is -0.505 e. The second kappa shape index (κ2) is 3.89. The van der Waals surface area contributed by atoms with Crippen LogP contribution in [0.5, 0.6) is 5.75 Å². The molecule has 16 heavy (non-hydrogen) atoms. The fourth-order valence-corrected chi connectivity index (χ4v) is 1.44. The maximum absolute atomic E-state index is 13.4. The van der Waals surface area contributed by atoms with Crippen molar-refractivity contribution < 1.29 is 18.3 Å². The SMILES string of the molecule is Oc1cc(-c2c(F)cccc2F)ccc1F. The van der Waals surface area contributed by atoms with Gasteiger partial charge in [0.15, 0.2) is 11.6 Å². The highest BCUT2D eigenvalue weighted by molar-refractivity contribution is 5.66. The number of phenols is 1. The molecule has 0 unspecified atom stereocenters. The van der Waals surface area contributed by atoms with Gasteiger partial charge in [-0.1, -0.05) is 12.1 Å².